The lowest BCUT2D eigenvalue weighted by atomic mass is 10.1. The van der Waals surface area contributed by atoms with E-state index in [9.17, 15) is 18.0 Å². The number of hydrogen-bond acceptors (Lipinski definition) is 4. The van der Waals surface area contributed by atoms with Crippen LogP contribution in [0.5, 0.6) is 0 Å². The van der Waals surface area contributed by atoms with Gasteiger partial charge >= 0.3 is 0 Å². The molecule has 2 amide bonds. The van der Waals surface area contributed by atoms with Crippen LogP contribution < -0.4 is 5.32 Å². The number of carbonyl (C=O) groups is 2. The summed E-state index contributed by atoms with van der Waals surface area (Å²) in [4.78, 5) is 26.1. The molecule has 6 nitrogen and oxygen atoms in total. The van der Waals surface area contributed by atoms with Crippen molar-refractivity contribution in [1.29, 1.82) is 0 Å². The Labute approximate surface area is 150 Å². The fraction of sp³-hybridized carbons (Fsp3) is 0.467. The van der Waals surface area contributed by atoms with Crippen molar-refractivity contribution in [1.82, 2.24) is 4.90 Å². The highest BCUT2D eigenvalue weighted by atomic mass is 35.5. The first kappa shape index (κ1) is 17.5. The summed E-state index contributed by atoms with van der Waals surface area (Å²) in [5.74, 6) is -0.933. The van der Waals surface area contributed by atoms with Gasteiger partial charge in [0.1, 0.15) is 0 Å². The van der Waals surface area contributed by atoms with E-state index in [1.165, 1.54) is 11.0 Å². The average Bonchev–Trinajstić information content (AvgIpc) is 3.04. The quantitative estimate of drug-likeness (QED) is 0.854. The third-order valence-electron chi connectivity index (χ3n) is 4.37. The molecule has 2 heterocycles. The second kappa shape index (κ2) is 6.54. The van der Waals surface area contributed by atoms with Crippen molar-refractivity contribution in [3.05, 3.63) is 28.2 Å². The van der Waals surface area contributed by atoms with E-state index in [1.54, 1.807) is 12.1 Å². The maximum Gasteiger partial charge on any atom is 0.229 e. The van der Waals surface area contributed by atoms with Crippen molar-refractivity contribution < 1.29 is 18.0 Å². The maximum absolute atomic E-state index is 12.4. The first-order valence-corrected chi connectivity index (χ1v) is 10.1. The van der Waals surface area contributed by atoms with E-state index in [2.05, 4.69) is 5.32 Å². The van der Waals surface area contributed by atoms with Crippen LogP contribution in [0.15, 0.2) is 18.2 Å². The van der Waals surface area contributed by atoms with Crippen LogP contribution in [-0.2, 0) is 19.4 Å². The Morgan fingerprint density at radius 1 is 1.29 bits per heavy atom. The molecular formula is C15H16Cl2N2O4S. The molecule has 1 aromatic carbocycles. The SMILES string of the molecule is O=C(Nc1ccc(Cl)cc1Cl)C1CC(=O)N(C2CCS(=O)(=O)C2)C1. The predicted octanol–water partition coefficient (Wildman–Crippen LogP) is 1.97. The Morgan fingerprint density at radius 2 is 2.04 bits per heavy atom. The number of anilines is 1. The number of benzene rings is 1. The number of rotatable bonds is 3. The van der Waals surface area contributed by atoms with E-state index in [1.807, 2.05) is 0 Å². The number of nitrogens with one attached hydrogen (secondary N) is 1. The van der Waals surface area contributed by atoms with Gasteiger partial charge in [0.15, 0.2) is 9.84 Å². The molecule has 0 aliphatic carbocycles. The van der Waals surface area contributed by atoms with E-state index < -0.39 is 15.8 Å². The molecule has 2 atom stereocenters. The third kappa shape index (κ3) is 3.68. The number of carbonyl (C=O) groups excluding carboxylic acids is 2. The number of hydrogen-bond donors (Lipinski definition) is 1. The smallest absolute Gasteiger partial charge is 0.229 e. The zero-order valence-electron chi connectivity index (χ0n) is 12.7. The Bertz CT molecular complexity index is 797. The highest BCUT2D eigenvalue weighted by Gasteiger charge is 2.41. The van der Waals surface area contributed by atoms with Crippen molar-refractivity contribution >= 4 is 50.5 Å². The minimum absolute atomic E-state index is 0.0178. The van der Waals surface area contributed by atoms with Crippen molar-refractivity contribution in [3.8, 4) is 0 Å². The van der Waals surface area contributed by atoms with Crippen molar-refractivity contribution in [2.24, 2.45) is 5.92 Å². The van der Waals surface area contributed by atoms with Crippen LogP contribution in [0.1, 0.15) is 12.8 Å². The van der Waals surface area contributed by atoms with Crippen LogP contribution in [-0.4, -0.2) is 49.2 Å². The first-order valence-electron chi connectivity index (χ1n) is 7.51. The molecule has 3 rings (SSSR count). The van der Waals surface area contributed by atoms with Gasteiger partial charge in [0.25, 0.3) is 0 Å². The molecule has 0 aromatic heterocycles. The molecule has 2 unspecified atom stereocenters. The summed E-state index contributed by atoms with van der Waals surface area (Å²) in [6, 6.07) is 4.41. The molecule has 1 N–H and O–H groups in total. The summed E-state index contributed by atoms with van der Waals surface area (Å²) in [7, 11) is -3.08. The summed E-state index contributed by atoms with van der Waals surface area (Å²) >= 11 is 11.8. The molecule has 2 saturated heterocycles. The van der Waals surface area contributed by atoms with Gasteiger partial charge in [-0.1, -0.05) is 23.2 Å². The summed E-state index contributed by atoms with van der Waals surface area (Å²) in [5, 5.41) is 3.48. The number of nitrogens with zero attached hydrogens (tertiary/aromatic N) is 1. The molecule has 0 spiro atoms. The lowest BCUT2D eigenvalue weighted by Gasteiger charge is -2.23. The largest absolute Gasteiger partial charge is 0.338 e. The van der Waals surface area contributed by atoms with Crippen molar-refractivity contribution in [3.63, 3.8) is 0 Å². The third-order valence-corrected chi connectivity index (χ3v) is 6.67. The van der Waals surface area contributed by atoms with E-state index in [-0.39, 0.29) is 42.3 Å². The van der Waals surface area contributed by atoms with Crippen LogP contribution in [0.25, 0.3) is 0 Å². The normalized spacial score (nSPS) is 25.9. The molecule has 130 valence electrons. The van der Waals surface area contributed by atoms with Gasteiger partial charge in [0.05, 0.1) is 28.1 Å². The van der Waals surface area contributed by atoms with Gasteiger partial charge < -0.3 is 10.2 Å². The van der Waals surface area contributed by atoms with Gasteiger partial charge in [-0.3, -0.25) is 9.59 Å². The Kier molecular flexibility index (Phi) is 4.77. The number of amides is 2. The average molecular weight is 391 g/mol. The van der Waals surface area contributed by atoms with E-state index >= 15 is 0 Å². The highest BCUT2D eigenvalue weighted by molar-refractivity contribution is 7.91. The van der Waals surface area contributed by atoms with Crippen LogP contribution in [0.4, 0.5) is 5.69 Å². The van der Waals surface area contributed by atoms with E-state index in [0.717, 1.165) is 0 Å². The van der Waals surface area contributed by atoms with Gasteiger partial charge in [0, 0.05) is 24.0 Å². The van der Waals surface area contributed by atoms with E-state index in [0.29, 0.717) is 22.2 Å². The predicted molar refractivity (Wildman–Crippen MR) is 92.0 cm³/mol. The van der Waals surface area contributed by atoms with Gasteiger partial charge in [-0.05, 0) is 24.6 Å². The Morgan fingerprint density at radius 3 is 2.67 bits per heavy atom. The summed E-state index contributed by atoms with van der Waals surface area (Å²) in [6.45, 7) is 0.232. The maximum atomic E-state index is 12.4. The highest BCUT2D eigenvalue weighted by Crippen LogP contribution is 2.29. The van der Waals surface area contributed by atoms with Gasteiger partial charge in [-0.25, -0.2) is 8.42 Å². The zero-order valence-corrected chi connectivity index (χ0v) is 15.0. The minimum atomic E-state index is -3.08. The molecule has 2 aliphatic heterocycles. The van der Waals surface area contributed by atoms with Gasteiger partial charge in [-0.2, -0.15) is 0 Å². The molecule has 1 aromatic rings. The molecule has 0 saturated carbocycles. The molecule has 0 bridgehead atoms. The second-order valence-corrected chi connectivity index (χ2v) is 9.19. The van der Waals surface area contributed by atoms with Gasteiger partial charge in [0.2, 0.25) is 11.8 Å². The Hall–Kier alpha value is -1.31. The topological polar surface area (TPSA) is 83.6 Å². The van der Waals surface area contributed by atoms with E-state index in [4.69, 9.17) is 23.2 Å². The van der Waals surface area contributed by atoms with Crippen molar-refractivity contribution in [2.75, 3.05) is 23.4 Å². The van der Waals surface area contributed by atoms with Crippen LogP contribution in [0.2, 0.25) is 10.0 Å². The van der Waals surface area contributed by atoms with Gasteiger partial charge in [-0.15, -0.1) is 0 Å². The zero-order chi connectivity index (χ0) is 17.5. The second-order valence-electron chi connectivity index (χ2n) is 6.12. The molecular weight excluding hydrogens is 375 g/mol. The fourth-order valence-electron chi connectivity index (χ4n) is 3.11. The summed E-state index contributed by atoms with van der Waals surface area (Å²) in [5.41, 5.74) is 0.431. The summed E-state index contributed by atoms with van der Waals surface area (Å²) < 4.78 is 23.2. The fourth-order valence-corrected chi connectivity index (χ4v) is 5.29. The van der Waals surface area contributed by atoms with Crippen LogP contribution in [0, 0.1) is 5.92 Å². The number of likely N-dealkylation sites (tertiary alicyclic amines) is 1. The lowest BCUT2D eigenvalue weighted by molar-refractivity contribution is -0.129. The molecule has 9 heteroatoms. The molecule has 2 fully saturated rings. The first-order chi connectivity index (χ1) is 11.2. The molecule has 0 radical (unpaired) electrons. The standard InChI is InChI=1S/C15H16Cl2N2O4S/c16-10-1-2-13(12(17)6-10)18-15(21)9-5-14(20)19(7-9)11-3-4-24(22,23)8-11/h1-2,6,9,11H,3-5,7-8H2,(H,18,21). The monoisotopic (exact) mass is 390 g/mol. The number of sulfone groups is 1. The molecule has 24 heavy (non-hydrogen) atoms. The minimum Gasteiger partial charge on any atom is -0.338 e. The van der Waals surface area contributed by atoms with Crippen molar-refractivity contribution in [2.45, 2.75) is 18.9 Å². The molecule has 2 aliphatic rings. The number of halogens is 2. The summed E-state index contributed by atoms with van der Waals surface area (Å²) in [6.07, 6.45) is 0.513. The lowest BCUT2D eigenvalue weighted by Crippen LogP contribution is -2.38. The van der Waals surface area contributed by atoms with Crippen LogP contribution >= 0.6 is 23.2 Å². The Balaban J connectivity index is 1.66. The van der Waals surface area contributed by atoms with Crippen LogP contribution in [0.3, 0.4) is 0 Å².